The fourth-order valence-corrected chi connectivity index (χ4v) is 5.69. The molecule has 0 spiro atoms. The van der Waals surface area contributed by atoms with Gasteiger partial charge in [0.15, 0.2) is 15.5 Å². The molecular weight excluding hydrogens is 368 g/mol. The Morgan fingerprint density at radius 3 is 2.81 bits per heavy atom. The van der Waals surface area contributed by atoms with E-state index in [1.54, 1.807) is 4.52 Å². The molecule has 27 heavy (non-hydrogen) atoms. The Bertz CT molecular complexity index is 964. The van der Waals surface area contributed by atoms with Crippen LogP contribution in [0.25, 0.3) is 5.65 Å². The zero-order chi connectivity index (χ0) is 19.0. The number of fused-ring (bicyclic) bond motifs is 1. The second-order valence-corrected chi connectivity index (χ2v) is 9.50. The van der Waals surface area contributed by atoms with E-state index in [9.17, 15) is 13.2 Å². The van der Waals surface area contributed by atoms with Crippen LogP contribution in [0, 0.1) is 12.8 Å². The lowest BCUT2D eigenvalue weighted by molar-refractivity contribution is -0.116. The van der Waals surface area contributed by atoms with Gasteiger partial charge in [-0.1, -0.05) is 0 Å². The molecule has 1 atom stereocenters. The zero-order valence-corrected chi connectivity index (χ0v) is 16.1. The number of anilines is 2. The monoisotopic (exact) mass is 392 g/mol. The van der Waals surface area contributed by atoms with E-state index in [4.69, 9.17) is 0 Å². The van der Waals surface area contributed by atoms with Gasteiger partial charge < -0.3 is 10.2 Å². The molecule has 0 aromatic carbocycles. The fraction of sp³-hybridized carbons (Fsp3) is 0.588. The van der Waals surface area contributed by atoms with Crippen molar-refractivity contribution in [3.05, 3.63) is 17.8 Å². The molecule has 2 saturated heterocycles. The van der Waals surface area contributed by atoms with Crippen molar-refractivity contribution >= 4 is 33.0 Å². The lowest BCUT2D eigenvalue weighted by Gasteiger charge is -2.30. The number of aromatic nitrogens is 3. The minimum Gasteiger partial charge on any atom is -0.368 e. The zero-order valence-electron chi connectivity index (χ0n) is 15.3. The van der Waals surface area contributed by atoms with E-state index in [1.807, 2.05) is 19.1 Å². The van der Waals surface area contributed by atoms with Crippen LogP contribution in [-0.4, -0.2) is 66.6 Å². The highest BCUT2D eigenvalue weighted by molar-refractivity contribution is 7.91. The third-order valence-corrected chi connectivity index (χ3v) is 7.06. The summed E-state index contributed by atoms with van der Waals surface area (Å²) >= 11 is 0. The molecule has 1 unspecified atom stereocenters. The Balaban J connectivity index is 1.48. The molecule has 0 radical (unpaired) electrons. The Morgan fingerprint density at radius 2 is 2.11 bits per heavy atom. The van der Waals surface area contributed by atoms with Crippen molar-refractivity contribution in [2.75, 3.05) is 47.9 Å². The Kier molecular flexibility index (Phi) is 4.77. The number of sulfone groups is 1. The number of piperazine rings is 1. The van der Waals surface area contributed by atoms with Crippen molar-refractivity contribution in [2.24, 2.45) is 5.92 Å². The van der Waals surface area contributed by atoms with Gasteiger partial charge >= 0.3 is 0 Å². The van der Waals surface area contributed by atoms with Crippen molar-refractivity contribution in [1.82, 2.24) is 19.9 Å². The van der Waals surface area contributed by atoms with Crippen molar-refractivity contribution < 1.29 is 13.2 Å². The maximum atomic E-state index is 12.2. The van der Waals surface area contributed by atoms with Crippen molar-refractivity contribution in [3.8, 4) is 0 Å². The van der Waals surface area contributed by atoms with Crippen LogP contribution >= 0.6 is 0 Å². The summed E-state index contributed by atoms with van der Waals surface area (Å²) in [4.78, 5) is 18.9. The molecule has 4 rings (SSSR count). The van der Waals surface area contributed by atoms with E-state index in [-0.39, 0.29) is 35.7 Å². The van der Waals surface area contributed by atoms with Gasteiger partial charge in [0.05, 0.1) is 22.9 Å². The normalized spacial score (nSPS) is 22.3. The topological polar surface area (TPSA) is 109 Å². The van der Waals surface area contributed by atoms with Crippen LogP contribution in [0.4, 0.5) is 11.6 Å². The molecular formula is C17H24N6O3S. The van der Waals surface area contributed by atoms with Crippen LogP contribution in [0.2, 0.25) is 0 Å². The number of aryl methyl sites for hydroxylation is 1. The average molecular weight is 392 g/mol. The largest absolute Gasteiger partial charge is 0.368 e. The van der Waals surface area contributed by atoms with Crippen LogP contribution in [0.3, 0.4) is 0 Å². The molecule has 2 aromatic heterocycles. The second-order valence-electron chi connectivity index (χ2n) is 7.27. The van der Waals surface area contributed by atoms with Crippen molar-refractivity contribution in [2.45, 2.75) is 19.8 Å². The molecule has 10 heteroatoms. The molecule has 2 N–H and O–H groups in total. The first-order valence-corrected chi connectivity index (χ1v) is 11.1. The molecule has 146 valence electrons. The number of rotatable bonds is 4. The Morgan fingerprint density at radius 1 is 1.33 bits per heavy atom. The number of hydrogen-bond donors (Lipinski definition) is 2. The van der Waals surface area contributed by atoms with Gasteiger partial charge in [0.2, 0.25) is 11.9 Å². The van der Waals surface area contributed by atoms with Crippen molar-refractivity contribution in [3.63, 3.8) is 0 Å². The summed E-state index contributed by atoms with van der Waals surface area (Å²) in [5, 5.41) is 10.5. The first kappa shape index (κ1) is 18.2. The van der Waals surface area contributed by atoms with Crippen LogP contribution in [0.15, 0.2) is 12.1 Å². The molecule has 0 aliphatic carbocycles. The molecule has 4 heterocycles. The molecule has 1 amide bonds. The predicted molar refractivity (Wildman–Crippen MR) is 103 cm³/mol. The number of nitrogens with one attached hydrogen (secondary N) is 2. The van der Waals surface area contributed by atoms with E-state index >= 15 is 0 Å². The summed E-state index contributed by atoms with van der Waals surface area (Å²) in [6.07, 6.45) is 0.724. The maximum Gasteiger partial charge on any atom is 0.249 e. The number of amides is 1. The minimum absolute atomic E-state index is 0.0895. The second kappa shape index (κ2) is 7.08. The third-order valence-electron chi connectivity index (χ3n) is 5.22. The summed E-state index contributed by atoms with van der Waals surface area (Å²) < 4.78 is 24.8. The molecule has 9 nitrogen and oxygen atoms in total. The molecule has 2 aromatic rings. The van der Waals surface area contributed by atoms with Crippen LogP contribution in [-0.2, 0) is 14.6 Å². The summed E-state index contributed by atoms with van der Waals surface area (Å²) in [6.45, 7) is 5.78. The smallest absolute Gasteiger partial charge is 0.249 e. The number of pyridine rings is 1. The highest BCUT2D eigenvalue weighted by Gasteiger charge is 2.29. The van der Waals surface area contributed by atoms with Gasteiger partial charge in [-0.3, -0.25) is 10.1 Å². The first-order valence-electron chi connectivity index (χ1n) is 9.23. The van der Waals surface area contributed by atoms with Gasteiger partial charge in [0.25, 0.3) is 0 Å². The summed E-state index contributed by atoms with van der Waals surface area (Å²) in [7, 11) is -2.98. The lowest BCUT2D eigenvalue weighted by atomic mass is 10.1. The Hall–Kier alpha value is -2.20. The standard InChI is InChI=1S/C17H24N6O3S/c1-12-14(22-7-5-18-6-8-22)2-3-15-19-17(21-23(12)15)20-16(24)10-13-4-9-27(25,26)11-13/h2-3,13,18H,4-11H2,1H3,(H,20,21,24). The van der Waals surface area contributed by atoms with Gasteiger partial charge in [0.1, 0.15) is 0 Å². The fourth-order valence-electron chi connectivity index (χ4n) is 3.83. The molecule has 0 saturated carbocycles. The average Bonchev–Trinajstić information content (AvgIpc) is 3.18. The van der Waals surface area contributed by atoms with Gasteiger partial charge in [-0.15, -0.1) is 5.10 Å². The van der Waals surface area contributed by atoms with E-state index < -0.39 is 9.84 Å². The van der Waals surface area contributed by atoms with Crippen LogP contribution in [0.5, 0.6) is 0 Å². The minimum atomic E-state index is -2.98. The molecule has 2 fully saturated rings. The summed E-state index contributed by atoms with van der Waals surface area (Å²) in [6, 6.07) is 3.94. The van der Waals surface area contributed by atoms with E-state index in [0.717, 1.165) is 37.6 Å². The lowest BCUT2D eigenvalue weighted by Crippen LogP contribution is -2.43. The number of hydrogen-bond acceptors (Lipinski definition) is 7. The highest BCUT2D eigenvalue weighted by atomic mass is 32.2. The number of carbonyl (C=O) groups excluding carboxylic acids is 1. The summed E-state index contributed by atoms with van der Waals surface area (Å²) in [5.74, 6) is 0.153. The molecule has 2 aliphatic rings. The number of nitrogens with zero attached hydrogens (tertiary/aromatic N) is 4. The summed E-state index contributed by atoms with van der Waals surface area (Å²) in [5.41, 5.74) is 2.76. The maximum absolute atomic E-state index is 12.2. The predicted octanol–water partition coefficient (Wildman–Crippen LogP) is 0.211. The molecule has 0 bridgehead atoms. The van der Waals surface area contributed by atoms with Crippen LogP contribution < -0.4 is 15.5 Å². The first-order chi connectivity index (χ1) is 12.9. The number of carbonyl (C=O) groups is 1. The van der Waals surface area contributed by atoms with E-state index in [0.29, 0.717) is 12.1 Å². The van der Waals surface area contributed by atoms with Crippen LogP contribution in [0.1, 0.15) is 18.5 Å². The highest BCUT2D eigenvalue weighted by Crippen LogP contribution is 2.23. The molecule has 2 aliphatic heterocycles. The Labute approximate surface area is 158 Å². The van der Waals surface area contributed by atoms with Gasteiger partial charge in [-0.2, -0.15) is 4.98 Å². The van der Waals surface area contributed by atoms with Gasteiger partial charge in [0, 0.05) is 32.6 Å². The van der Waals surface area contributed by atoms with E-state index in [1.165, 1.54) is 0 Å². The van der Waals surface area contributed by atoms with E-state index in [2.05, 4.69) is 25.6 Å². The quantitative estimate of drug-likeness (QED) is 0.766. The third kappa shape index (κ3) is 3.91. The van der Waals surface area contributed by atoms with Gasteiger partial charge in [-0.25, -0.2) is 12.9 Å². The SMILES string of the molecule is Cc1c(N2CCNCC2)ccc2nc(NC(=O)CC3CCS(=O)(=O)C3)nn12. The van der Waals surface area contributed by atoms with Crippen molar-refractivity contribution in [1.29, 1.82) is 0 Å². The van der Waals surface area contributed by atoms with Gasteiger partial charge in [-0.05, 0) is 31.4 Å².